The minimum absolute atomic E-state index is 0. The molecule has 0 unspecified atom stereocenters. The first-order valence-electron chi connectivity index (χ1n) is 11.5. The number of hydrogen-bond donors (Lipinski definition) is 1. The summed E-state index contributed by atoms with van der Waals surface area (Å²) in [6.07, 6.45) is 24.4. The fraction of sp³-hybridized carbons (Fsp3) is 0.783. The maximum absolute atomic E-state index is 8.04. The molecule has 0 fully saturated rings. The van der Waals surface area contributed by atoms with Crippen molar-refractivity contribution in [2.45, 2.75) is 107 Å². The molecule has 162 valence electrons. The summed E-state index contributed by atoms with van der Waals surface area (Å²) in [7, 11) is 5.36. The molecule has 0 radical (unpaired) electrons. The van der Waals surface area contributed by atoms with E-state index in [2.05, 4.69) is 42.1 Å². The predicted octanol–water partition coefficient (Wildman–Crippen LogP) is 4.09. The largest absolute Gasteiger partial charge is 1.00 e. The number of halogens is 2. The van der Waals surface area contributed by atoms with Crippen LogP contribution in [-0.2, 0) is 29.9 Å². The Morgan fingerprint density at radius 2 is 1.14 bits per heavy atom. The van der Waals surface area contributed by atoms with Crippen LogP contribution in [0.1, 0.15) is 96.8 Å². The minimum atomic E-state index is -0.922. The van der Waals surface area contributed by atoms with E-state index in [-0.39, 0.29) is 17.0 Å². The zero-order chi connectivity index (χ0) is 19.8. The van der Waals surface area contributed by atoms with Gasteiger partial charge in [0.2, 0.25) is 0 Å². The molecule has 0 aromatic carbocycles. The van der Waals surface area contributed by atoms with Crippen molar-refractivity contribution in [2.75, 3.05) is 6.61 Å². The molecular formula is C23H43BrClHgNO. The molecule has 28 heavy (non-hydrogen) atoms. The summed E-state index contributed by atoms with van der Waals surface area (Å²) in [5, 5.41) is 8.04. The molecule has 0 aliphatic carbocycles. The van der Waals surface area contributed by atoms with E-state index in [0.717, 1.165) is 3.93 Å². The molecule has 1 heterocycles. The van der Waals surface area contributed by atoms with Gasteiger partial charge in [-0.15, -0.1) is 0 Å². The van der Waals surface area contributed by atoms with Crippen LogP contribution in [-0.4, -0.2) is 11.7 Å². The molecule has 1 N–H and O–H groups in total. The normalized spacial score (nSPS) is 9.82. The Morgan fingerprint density at radius 1 is 0.714 bits per heavy atom. The van der Waals surface area contributed by atoms with Gasteiger partial charge in [0.25, 0.3) is 0 Å². The van der Waals surface area contributed by atoms with Gasteiger partial charge in [-0.05, 0) is 6.42 Å². The Balaban J connectivity index is 0. The number of hydrogen-bond acceptors (Lipinski definition) is 1. The zero-order valence-electron chi connectivity index (χ0n) is 18.3. The molecule has 1 aromatic rings. The average Bonchev–Trinajstić information content (AvgIpc) is 2.70. The number of unbranched alkanes of at least 4 members (excludes halogenated alkanes) is 13. The van der Waals surface area contributed by atoms with Crippen molar-refractivity contribution in [1.82, 2.24) is 0 Å². The van der Waals surface area contributed by atoms with E-state index in [1.54, 1.807) is 0 Å². The molecular weight excluding hydrogens is 622 g/mol. The molecule has 0 saturated carbocycles. The minimum Gasteiger partial charge on any atom is -1.00 e. The van der Waals surface area contributed by atoms with Gasteiger partial charge in [-0.25, -0.2) is 4.57 Å². The van der Waals surface area contributed by atoms with E-state index in [9.17, 15) is 0 Å². The summed E-state index contributed by atoms with van der Waals surface area (Å²) in [5.41, 5.74) is 0. The van der Waals surface area contributed by atoms with Crippen molar-refractivity contribution >= 4 is 8.25 Å². The molecule has 0 atom stereocenters. The Hall–Kier alpha value is 0.815. The number of nitrogens with zero attached hydrogens (tertiary/aromatic N) is 1. The van der Waals surface area contributed by atoms with Gasteiger partial charge in [0.1, 0.15) is 6.54 Å². The zero-order valence-corrected chi connectivity index (χ0v) is 26.1. The molecule has 0 aliphatic heterocycles. The second kappa shape index (κ2) is 27.8. The van der Waals surface area contributed by atoms with E-state index in [0.29, 0.717) is 6.61 Å². The molecule has 1 rings (SSSR count). The number of aliphatic hydroxyl groups excluding tert-OH is 1. The maximum Gasteiger partial charge on any atom is -1.00 e. The first-order chi connectivity index (χ1) is 13.3. The van der Waals surface area contributed by atoms with E-state index in [1.165, 1.54) is 96.4 Å². The van der Waals surface area contributed by atoms with Crippen molar-refractivity contribution in [3.05, 3.63) is 30.6 Å². The van der Waals surface area contributed by atoms with E-state index >= 15 is 0 Å². The van der Waals surface area contributed by atoms with Gasteiger partial charge >= 0.3 is 47.2 Å². The van der Waals surface area contributed by atoms with Gasteiger partial charge in [0.05, 0.1) is 0 Å². The quantitative estimate of drug-likeness (QED) is 0.152. The standard InChI is InChI=1S/C21H38N.C2H5O.BrH.ClH.Hg/c1-2-3-4-5-6-7-8-9-10-11-12-13-14-16-19-22-20-17-15-18-21-22;1-2-3;;;/h15,17-18,20-21H,2-14,16,19H2,1H3;3H,1-2H2;2*1H;/q+1;;;;+1/p-2. The van der Waals surface area contributed by atoms with Crippen molar-refractivity contribution in [1.29, 1.82) is 0 Å². The Bertz CT molecular complexity index is 382. The Labute approximate surface area is 201 Å². The van der Waals surface area contributed by atoms with Crippen molar-refractivity contribution in [3.8, 4) is 0 Å². The SMILES string of the molecule is CCCCCCCCCCCCCCCC[n+]1ccccc1.OC[CH2][Hg][Cl].[Br-]. The molecule has 0 bridgehead atoms. The van der Waals surface area contributed by atoms with E-state index < -0.39 is 23.3 Å². The number of rotatable bonds is 17. The summed E-state index contributed by atoms with van der Waals surface area (Å²) in [4.78, 5) is 0. The van der Waals surface area contributed by atoms with Crippen LogP contribution in [0.2, 0.25) is 3.93 Å². The van der Waals surface area contributed by atoms with Crippen molar-refractivity contribution in [3.63, 3.8) is 0 Å². The topological polar surface area (TPSA) is 24.1 Å². The fourth-order valence-electron chi connectivity index (χ4n) is 3.13. The van der Waals surface area contributed by atoms with Crippen LogP contribution in [0.5, 0.6) is 0 Å². The van der Waals surface area contributed by atoms with Crippen LogP contribution in [0, 0.1) is 0 Å². The van der Waals surface area contributed by atoms with Gasteiger partial charge in [-0.3, -0.25) is 0 Å². The summed E-state index contributed by atoms with van der Waals surface area (Å²) in [5.74, 6) is 0. The number of pyridine rings is 1. The summed E-state index contributed by atoms with van der Waals surface area (Å²) >= 11 is -0.922. The Kier molecular flexibility index (Phi) is 30.8. The number of aliphatic hydroxyl groups is 1. The average molecular weight is 666 g/mol. The molecule has 2 nitrogen and oxygen atoms in total. The molecule has 5 heteroatoms. The molecule has 0 aliphatic rings. The summed E-state index contributed by atoms with van der Waals surface area (Å²) < 4.78 is 3.22. The van der Waals surface area contributed by atoms with E-state index in [4.69, 9.17) is 13.4 Å². The third-order valence-electron chi connectivity index (χ3n) is 4.84. The number of aromatic nitrogens is 1. The van der Waals surface area contributed by atoms with Crippen molar-refractivity contribution in [2.24, 2.45) is 0 Å². The van der Waals surface area contributed by atoms with Crippen LogP contribution >= 0.6 is 8.25 Å². The monoisotopic (exact) mass is 665 g/mol. The second-order valence-corrected chi connectivity index (χ2v) is 15.0. The van der Waals surface area contributed by atoms with Crippen molar-refractivity contribution < 1.29 is 50.0 Å². The van der Waals surface area contributed by atoms with Crippen LogP contribution in [0.25, 0.3) is 0 Å². The third-order valence-corrected chi connectivity index (χ3v) is 9.45. The molecule has 0 saturated heterocycles. The van der Waals surface area contributed by atoms with Gasteiger partial charge in [-0.2, -0.15) is 0 Å². The molecule has 0 amide bonds. The smallest absolute Gasteiger partial charge is 1.00 e. The van der Waals surface area contributed by atoms with Gasteiger partial charge < -0.3 is 17.0 Å². The van der Waals surface area contributed by atoms with Gasteiger partial charge in [0.15, 0.2) is 12.4 Å². The Morgan fingerprint density at radius 3 is 1.50 bits per heavy atom. The first kappa shape index (κ1) is 31.0. The van der Waals surface area contributed by atoms with Crippen LogP contribution in [0.3, 0.4) is 0 Å². The third kappa shape index (κ3) is 24.9. The van der Waals surface area contributed by atoms with Gasteiger partial charge in [-0.1, -0.05) is 90.0 Å². The summed E-state index contributed by atoms with van der Waals surface area (Å²) in [6, 6.07) is 6.31. The predicted molar refractivity (Wildman–Crippen MR) is 115 cm³/mol. The molecule has 0 spiro atoms. The maximum atomic E-state index is 8.04. The molecule has 1 aromatic heterocycles. The van der Waals surface area contributed by atoms with Gasteiger partial charge in [0, 0.05) is 18.6 Å². The summed E-state index contributed by atoms with van der Waals surface area (Å²) in [6.45, 7) is 3.78. The number of aryl methyl sites for hydroxylation is 1. The van der Waals surface area contributed by atoms with Crippen LogP contribution in [0.15, 0.2) is 30.6 Å². The van der Waals surface area contributed by atoms with E-state index in [1.807, 2.05) is 0 Å². The second-order valence-electron chi connectivity index (χ2n) is 7.48. The van der Waals surface area contributed by atoms with Crippen LogP contribution < -0.4 is 21.5 Å². The first-order valence-corrected chi connectivity index (χ1v) is 22.1. The van der Waals surface area contributed by atoms with Crippen LogP contribution in [0.4, 0.5) is 0 Å². The fourth-order valence-corrected chi connectivity index (χ4v) is 4.65.